The Morgan fingerprint density at radius 2 is 1.45 bits per heavy atom. The van der Waals surface area contributed by atoms with E-state index in [0.29, 0.717) is 11.0 Å². The van der Waals surface area contributed by atoms with Crippen LogP contribution in [0.1, 0.15) is 20.7 Å². The van der Waals surface area contributed by atoms with E-state index in [1.807, 2.05) is 0 Å². The number of carbonyl (C=O) groups is 2. The Hall–Kier alpha value is -3.42. The van der Waals surface area contributed by atoms with Crippen LogP contribution in [0.4, 0.5) is 0 Å². The van der Waals surface area contributed by atoms with Crippen LogP contribution in [0.2, 0.25) is 0 Å². The highest BCUT2D eigenvalue weighted by atomic mass is 16.4. The lowest BCUT2D eigenvalue weighted by Crippen LogP contribution is -2.10. The molecule has 0 unspecified atom stereocenters. The Kier molecular flexibility index (Phi) is 2.99. The largest absolute Gasteiger partial charge is 0.507 e. The zero-order valence-corrected chi connectivity index (χ0v) is 11.0. The molecule has 1 aromatic heterocycles. The molecule has 110 valence electrons. The highest BCUT2D eigenvalue weighted by molar-refractivity contribution is 5.98. The number of aromatic carboxylic acids is 2. The van der Waals surface area contributed by atoms with Crippen molar-refractivity contribution in [3.63, 3.8) is 0 Å². The molecule has 1 heterocycles. The monoisotopic (exact) mass is 299 g/mol. The number of hydrogen-bond acceptors (Lipinski definition) is 5. The Morgan fingerprint density at radius 3 is 1.95 bits per heavy atom. The van der Waals surface area contributed by atoms with Crippen LogP contribution in [0, 0.1) is 0 Å². The quantitative estimate of drug-likeness (QED) is 0.669. The highest BCUT2D eigenvalue weighted by Gasteiger charge is 2.21. The van der Waals surface area contributed by atoms with Crippen LogP contribution < -0.4 is 0 Å². The van der Waals surface area contributed by atoms with Crippen molar-refractivity contribution >= 4 is 23.0 Å². The van der Waals surface area contributed by atoms with Crippen LogP contribution in [0.5, 0.6) is 5.75 Å². The minimum atomic E-state index is -1.43. The Balaban J connectivity index is 2.27. The van der Waals surface area contributed by atoms with Gasteiger partial charge < -0.3 is 15.3 Å². The maximum atomic E-state index is 11.4. The molecular formula is C14H9N3O5. The number of aromatic nitrogens is 3. The molecule has 0 spiro atoms. The Labute approximate surface area is 122 Å². The molecule has 0 fully saturated rings. The molecule has 3 rings (SSSR count). The number of phenols is 1. The zero-order valence-electron chi connectivity index (χ0n) is 11.0. The smallest absolute Gasteiger partial charge is 0.339 e. The fraction of sp³-hybridized carbons (Fsp3) is 0. The number of hydrogen-bond donors (Lipinski definition) is 3. The van der Waals surface area contributed by atoms with Crippen molar-refractivity contribution in [2.75, 3.05) is 0 Å². The zero-order chi connectivity index (χ0) is 15.9. The van der Waals surface area contributed by atoms with Crippen molar-refractivity contribution in [1.29, 1.82) is 0 Å². The summed E-state index contributed by atoms with van der Waals surface area (Å²) in [6.45, 7) is 0. The molecule has 22 heavy (non-hydrogen) atoms. The summed E-state index contributed by atoms with van der Waals surface area (Å²) in [5.74, 6) is -3.34. The van der Waals surface area contributed by atoms with Crippen molar-refractivity contribution < 1.29 is 24.9 Å². The van der Waals surface area contributed by atoms with Gasteiger partial charge in [-0.05, 0) is 18.2 Å². The predicted octanol–water partition coefficient (Wildman–Crippen LogP) is 1.52. The molecule has 0 aliphatic heterocycles. The van der Waals surface area contributed by atoms with E-state index in [-0.39, 0.29) is 11.3 Å². The van der Waals surface area contributed by atoms with Gasteiger partial charge >= 0.3 is 11.9 Å². The average Bonchev–Trinajstić information content (AvgIpc) is 2.89. The summed E-state index contributed by atoms with van der Waals surface area (Å²) in [5, 5.41) is 36.2. The van der Waals surface area contributed by atoms with Crippen LogP contribution in [0.3, 0.4) is 0 Å². The first kappa shape index (κ1) is 13.6. The van der Waals surface area contributed by atoms with Crippen LogP contribution in [0.25, 0.3) is 16.7 Å². The van der Waals surface area contributed by atoms with E-state index in [1.165, 1.54) is 0 Å². The number of benzene rings is 2. The summed E-state index contributed by atoms with van der Waals surface area (Å²) in [7, 11) is 0. The third-order valence-corrected chi connectivity index (χ3v) is 3.08. The molecule has 0 saturated heterocycles. The maximum Gasteiger partial charge on any atom is 0.339 e. The molecule has 0 amide bonds. The van der Waals surface area contributed by atoms with Gasteiger partial charge in [-0.15, -0.1) is 15.0 Å². The Morgan fingerprint density at radius 1 is 0.909 bits per heavy atom. The predicted molar refractivity (Wildman–Crippen MR) is 74.4 cm³/mol. The molecule has 2 aromatic carbocycles. The first-order valence-electron chi connectivity index (χ1n) is 6.13. The van der Waals surface area contributed by atoms with E-state index in [9.17, 15) is 19.8 Å². The van der Waals surface area contributed by atoms with E-state index >= 15 is 0 Å². The topological polar surface area (TPSA) is 126 Å². The third-order valence-electron chi connectivity index (χ3n) is 3.08. The van der Waals surface area contributed by atoms with Gasteiger partial charge in [0, 0.05) is 6.07 Å². The molecule has 0 saturated carbocycles. The number of rotatable bonds is 3. The summed E-state index contributed by atoms with van der Waals surface area (Å²) in [5.41, 5.74) is 0.237. The molecule has 8 nitrogen and oxygen atoms in total. The van der Waals surface area contributed by atoms with E-state index in [0.717, 1.165) is 16.9 Å². The van der Waals surface area contributed by atoms with Crippen LogP contribution in [-0.4, -0.2) is 42.3 Å². The van der Waals surface area contributed by atoms with Crippen molar-refractivity contribution in [3.8, 4) is 11.4 Å². The lowest BCUT2D eigenvalue weighted by Gasteiger charge is -2.07. The van der Waals surface area contributed by atoms with E-state index in [1.54, 1.807) is 24.3 Å². The van der Waals surface area contributed by atoms with Gasteiger partial charge in [0.1, 0.15) is 28.0 Å². The molecule has 0 aliphatic rings. The van der Waals surface area contributed by atoms with E-state index in [2.05, 4.69) is 10.2 Å². The molecular weight excluding hydrogens is 290 g/mol. The third kappa shape index (κ3) is 2.12. The van der Waals surface area contributed by atoms with Crippen molar-refractivity contribution in [2.45, 2.75) is 0 Å². The fourth-order valence-corrected chi connectivity index (χ4v) is 2.05. The van der Waals surface area contributed by atoms with Crippen LogP contribution in [0.15, 0.2) is 36.4 Å². The standard InChI is InChI=1S/C14H9N3O5/c18-12-6-11(7(13(19)20)5-8(12)14(21)22)17-15-9-3-1-2-4-10(9)16-17/h1-6,18H,(H,19,20)(H,21,22). The van der Waals surface area contributed by atoms with E-state index < -0.39 is 23.3 Å². The summed E-state index contributed by atoms with van der Waals surface area (Å²) >= 11 is 0. The number of carboxylic acid groups (broad SMARTS) is 2. The summed E-state index contributed by atoms with van der Waals surface area (Å²) < 4.78 is 0. The first-order valence-corrected chi connectivity index (χ1v) is 6.13. The number of carboxylic acids is 2. The Bertz CT molecular complexity index is 883. The van der Waals surface area contributed by atoms with Crippen molar-refractivity contribution in [2.24, 2.45) is 0 Å². The van der Waals surface area contributed by atoms with Gasteiger partial charge in [-0.1, -0.05) is 12.1 Å². The van der Waals surface area contributed by atoms with Gasteiger partial charge in [0.15, 0.2) is 0 Å². The van der Waals surface area contributed by atoms with Gasteiger partial charge in [-0.25, -0.2) is 9.59 Å². The second-order valence-corrected chi connectivity index (χ2v) is 4.47. The summed E-state index contributed by atoms with van der Waals surface area (Å²) in [6, 6.07) is 8.81. The maximum absolute atomic E-state index is 11.4. The van der Waals surface area contributed by atoms with Gasteiger partial charge in [0.05, 0.1) is 5.56 Å². The lowest BCUT2D eigenvalue weighted by molar-refractivity contribution is 0.0693. The second kappa shape index (κ2) is 4.85. The van der Waals surface area contributed by atoms with Crippen molar-refractivity contribution in [3.05, 3.63) is 47.5 Å². The van der Waals surface area contributed by atoms with Gasteiger partial charge in [0.2, 0.25) is 0 Å². The van der Waals surface area contributed by atoms with Gasteiger partial charge in [0.25, 0.3) is 0 Å². The summed E-state index contributed by atoms with van der Waals surface area (Å²) in [4.78, 5) is 23.4. The van der Waals surface area contributed by atoms with Crippen molar-refractivity contribution in [1.82, 2.24) is 15.0 Å². The minimum Gasteiger partial charge on any atom is -0.507 e. The normalized spacial score (nSPS) is 10.7. The number of aromatic hydroxyl groups is 1. The second-order valence-electron chi connectivity index (χ2n) is 4.47. The average molecular weight is 299 g/mol. The van der Waals surface area contributed by atoms with Gasteiger partial charge in [-0.2, -0.15) is 0 Å². The number of fused-ring (bicyclic) bond motifs is 1. The first-order chi connectivity index (χ1) is 10.5. The molecule has 0 aliphatic carbocycles. The highest BCUT2D eigenvalue weighted by Crippen LogP contribution is 2.25. The summed E-state index contributed by atoms with van der Waals surface area (Å²) in [6.07, 6.45) is 0. The molecule has 0 radical (unpaired) electrons. The van der Waals surface area contributed by atoms with E-state index in [4.69, 9.17) is 5.11 Å². The SMILES string of the molecule is O=C(O)c1cc(C(=O)O)c(-n2nc3ccccc3n2)cc1O. The van der Waals surface area contributed by atoms with Crippen LogP contribution in [-0.2, 0) is 0 Å². The number of nitrogens with zero attached hydrogens (tertiary/aromatic N) is 3. The lowest BCUT2D eigenvalue weighted by atomic mass is 10.1. The minimum absolute atomic E-state index is 0.0220. The molecule has 8 heteroatoms. The van der Waals surface area contributed by atoms with Crippen LogP contribution >= 0.6 is 0 Å². The molecule has 0 atom stereocenters. The molecule has 0 bridgehead atoms. The fourth-order valence-electron chi connectivity index (χ4n) is 2.05. The van der Waals surface area contributed by atoms with Gasteiger partial charge in [-0.3, -0.25) is 0 Å². The molecule has 3 N–H and O–H groups in total. The molecule has 3 aromatic rings.